The van der Waals surface area contributed by atoms with Crippen molar-refractivity contribution in [3.63, 3.8) is 0 Å². The zero-order chi connectivity index (χ0) is 10.2. The third-order valence-electron chi connectivity index (χ3n) is 4.22. The lowest BCUT2D eigenvalue weighted by Gasteiger charge is -2.39. The second-order valence-electron chi connectivity index (χ2n) is 5.50. The summed E-state index contributed by atoms with van der Waals surface area (Å²) in [5, 5.41) is 3.49. The molecule has 1 aliphatic heterocycles. The van der Waals surface area contributed by atoms with Crippen molar-refractivity contribution >= 4 is 0 Å². The molecule has 1 heterocycles. The minimum Gasteiger partial charge on any atom is -0.315 e. The molecule has 2 unspecified atom stereocenters. The SMILES string of the molecule is CNC1CCCC1N1CCCC1(C)C. The van der Waals surface area contributed by atoms with Crippen LogP contribution in [-0.2, 0) is 0 Å². The highest BCUT2D eigenvalue weighted by Gasteiger charge is 2.41. The van der Waals surface area contributed by atoms with Gasteiger partial charge in [0.15, 0.2) is 0 Å². The lowest BCUT2D eigenvalue weighted by molar-refractivity contribution is 0.102. The third-order valence-corrected chi connectivity index (χ3v) is 4.22. The summed E-state index contributed by atoms with van der Waals surface area (Å²) in [4.78, 5) is 2.75. The normalized spacial score (nSPS) is 37.9. The molecular formula is C12H24N2. The van der Waals surface area contributed by atoms with Gasteiger partial charge in [0.1, 0.15) is 0 Å². The fraction of sp³-hybridized carbons (Fsp3) is 1.00. The van der Waals surface area contributed by atoms with Crippen molar-refractivity contribution in [3.05, 3.63) is 0 Å². The van der Waals surface area contributed by atoms with E-state index in [0.717, 1.165) is 12.1 Å². The lowest BCUT2D eigenvalue weighted by Crippen LogP contribution is -2.51. The van der Waals surface area contributed by atoms with Gasteiger partial charge < -0.3 is 5.32 Å². The molecule has 0 radical (unpaired) electrons. The van der Waals surface area contributed by atoms with Crippen molar-refractivity contribution in [3.8, 4) is 0 Å². The van der Waals surface area contributed by atoms with Crippen LogP contribution >= 0.6 is 0 Å². The molecule has 14 heavy (non-hydrogen) atoms. The minimum atomic E-state index is 0.449. The molecule has 0 aromatic carbocycles. The Balaban J connectivity index is 2.06. The van der Waals surface area contributed by atoms with E-state index in [1.165, 1.54) is 38.6 Å². The number of likely N-dealkylation sites (tertiary alicyclic amines) is 1. The van der Waals surface area contributed by atoms with Crippen molar-refractivity contribution in [1.82, 2.24) is 10.2 Å². The summed E-state index contributed by atoms with van der Waals surface area (Å²) in [6.45, 7) is 6.13. The van der Waals surface area contributed by atoms with Crippen molar-refractivity contribution in [1.29, 1.82) is 0 Å². The van der Waals surface area contributed by atoms with Crippen molar-refractivity contribution in [2.45, 2.75) is 63.6 Å². The smallest absolute Gasteiger partial charge is 0.0254 e. The predicted molar refractivity (Wildman–Crippen MR) is 60.5 cm³/mol. The molecule has 2 aliphatic rings. The number of nitrogens with zero attached hydrogens (tertiary/aromatic N) is 1. The van der Waals surface area contributed by atoms with E-state index in [1.54, 1.807) is 0 Å². The first kappa shape index (κ1) is 10.4. The molecule has 2 atom stereocenters. The fourth-order valence-electron chi connectivity index (χ4n) is 3.39. The van der Waals surface area contributed by atoms with Gasteiger partial charge in [-0.25, -0.2) is 0 Å². The second-order valence-corrected chi connectivity index (χ2v) is 5.50. The highest BCUT2D eigenvalue weighted by atomic mass is 15.3. The van der Waals surface area contributed by atoms with Crippen LogP contribution in [0.3, 0.4) is 0 Å². The van der Waals surface area contributed by atoms with E-state index in [4.69, 9.17) is 0 Å². The van der Waals surface area contributed by atoms with E-state index >= 15 is 0 Å². The Bertz CT molecular complexity index is 200. The third kappa shape index (κ3) is 1.70. The first-order chi connectivity index (χ1) is 6.65. The molecule has 1 aliphatic carbocycles. The van der Waals surface area contributed by atoms with Gasteiger partial charge in [0.05, 0.1) is 0 Å². The maximum atomic E-state index is 3.49. The van der Waals surface area contributed by atoms with Gasteiger partial charge in [-0.2, -0.15) is 0 Å². The first-order valence-electron chi connectivity index (χ1n) is 6.09. The van der Waals surface area contributed by atoms with E-state index in [-0.39, 0.29) is 0 Å². The van der Waals surface area contributed by atoms with Crippen LogP contribution in [0.1, 0.15) is 46.0 Å². The Morgan fingerprint density at radius 2 is 2.00 bits per heavy atom. The Morgan fingerprint density at radius 3 is 2.57 bits per heavy atom. The Hall–Kier alpha value is -0.0800. The molecule has 1 N–H and O–H groups in total. The van der Waals surface area contributed by atoms with Gasteiger partial charge >= 0.3 is 0 Å². The van der Waals surface area contributed by atoms with Crippen LogP contribution < -0.4 is 5.32 Å². The molecule has 2 nitrogen and oxygen atoms in total. The molecule has 1 saturated carbocycles. The van der Waals surface area contributed by atoms with Crippen molar-refractivity contribution < 1.29 is 0 Å². The topological polar surface area (TPSA) is 15.3 Å². The van der Waals surface area contributed by atoms with E-state index in [9.17, 15) is 0 Å². The van der Waals surface area contributed by atoms with Crippen LogP contribution in [0, 0.1) is 0 Å². The lowest BCUT2D eigenvalue weighted by atomic mass is 9.99. The van der Waals surface area contributed by atoms with Crippen LogP contribution in [-0.4, -0.2) is 36.1 Å². The standard InChI is InChI=1S/C12H24N2/c1-12(2)8-5-9-14(12)11-7-4-6-10(11)13-3/h10-11,13H,4-9H2,1-3H3. The fourth-order valence-corrected chi connectivity index (χ4v) is 3.39. The summed E-state index contributed by atoms with van der Waals surface area (Å²) in [5.41, 5.74) is 0.449. The van der Waals surface area contributed by atoms with Crippen LogP contribution in [0.4, 0.5) is 0 Å². The molecule has 82 valence electrons. The van der Waals surface area contributed by atoms with Crippen LogP contribution in [0.2, 0.25) is 0 Å². The molecule has 2 fully saturated rings. The van der Waals surface area contributed by atoms with Gasteiger partial charge in [-0.15, -0.1) is 0 Å². The van der Waals surface area contributed by atoms with Gasteiger partial charge in [0, 0.05) is 17.6 Å². The molecular weight excluding hydrogens is 172 g/mol. The molecule has 0 aromatic heterocycles. The van der Waals surface area contributed by atoms with E-state index in [2.05, 4.69) is 31.1 Å². The Morgan fingerprint density at radius 1 is 1.21 bits per heavy atom. The second kappa shape index (κ2) is 3.82. The predicted octanol–water partition coefficient (Wildman–Crippen LogP) is 2.00. The average Bonchev–Trinajstić information content (AvgIpc) is 2.69. The quantitative estimate of drug-likeness (QED) is 0.726. The van der Waals surface area contributed by atoms with Gasteiger partial charge in [-0.1, -0.05) is 6.42 Å². The number of rotatable bonds is 2. The summed E-state index contributed by atoms with van der Waals surface area (Å²) in [6.07, 6.45) is 6.94. The highest BCUT2D eigenvalue weighted by molar-refractivity contribution is 4.98. The van der Waals surface area contributed by atoms with E-state index in [1.807, 2.05) is 0 Å². The minimum absolute atomic E-state index is 0.449. The van der Waals surface area contributed by atoms with Gasteiger partial charge in [0.25, 0.3) is 0 Å². The van der Waals surface area contributed by atoms with Crippen LogP contribution in [0.25, 0.3) is 0 Å². The Kier molecular flexibility index (Phi) is 2.85. The van der Waals surface area contributed by atoms with Gasteiger partial charge in [0.2, 0.25) is 0 Å². The maximum Gasteiger partial charge on any atom is 0.0254 e. The molecule has 0 spiro atoms. The summed E-state index contributed by atoms with van der Waals surface area (Å²) >= 11 is 0. The van der Waals surface area contributed by atoms with Gasteiger partial charge in [-0.3, -0.25) is 4.90 Å². The summed E-state index contributed by atoms with van der Waals surface area (Å²) < 4.78 is 0. The number of hydrogen-bond donors (Lipinski definition) is 1. The van der Waals surface area contributed by atoms with Crippen LogP contribution in [0.5, 0.6) is 0 Å². The van der Waals surface area contributed by atoms with Crippen molar-refractivity contribution in [2.24, 2.45) is 0 Å². The largest absolute Gasteiger partial charge is 0.315 e. The van der Waals surface area contributed by atoms with E-state index < -0.39 is 0 Å². The molecule has 1 saturated heterocycles. The molecule has 0 bridgehead atoms. The maximum absolute atomic E-state index is 3.49. The molecule has 0 amide bonds. The van der Waals surface area contributed by atoms with E-state index in [0.29, 0.717) is 5.54 Å². The first-order valence-corrected chi connectivity index (χ1v) is 6.09. The summed E-state index contributed by atoms with van der Waals surface area (Å²) in [6, 6.07) is 1.55. The zero-order valence-corrected chi connectivity index (χ0v) is 9.84. The Labute approximate surface area is 88.1 Å². The molecule has 0 aromatic rings. The summed E-state index contributed by atoms with van der Waals surface area (Å²) in [7, 11) is 2.12. The number of hydrogen-bond acceptors (Lipinski definition) is 2. The highest BCUT2D eigenvalue weighted by Crippen LogP contribution is 2.36. The zero-order valence-electron chi connectivity index (χ0n) is 9.84. The molecule has 2 rings (SSSR count). The van der Waals surface area contributed by atoms with Gasteiger partial charge in [-0.05, 0) is 53.1 Å². The van der Waals surface area contributed by atoms with Crippen LogP contribution in [0.15, 0.2) is 0 Å². The molecule has 2 heteroatoms. The number of nitrogens with one attached hydrogen (secondary N) is 1. The van der Waals surface area contributed by atoms with Crippen molar-refractivity contribution in [2.75, 3.05) is 13.6 Å². The monoisotopic (exact) mass is 196 g/mol. The average molecular weight is 196 g/mol. The summed E-state index contributed by atoms with van der Waals surface area (Å²) in [5.74, 6) is 0. The number of likely N-dealkylation sites (N-methyl/N-ethyl adjacent to an activating group) is 1.